The standard InChI is InChI=1S/C14H16ClN3O2S/c1-2-8-18-13(16-17-14(18)21(15,19)20)12-7-6-10-4-3-5-11(10)9-12/h6-7,9H,2-5,8H2,1H3. The van der Waals surface area contributed by atoms with Crippen LogP contribution in [0.2, 0.25) is 0 Å². The number of benzene rings is 1. The zero-order valence-corrected chi connectivity index (χ0v) is 13.3. The van der Waals surface area contributed by atoms with Crippen molar-refractivity contribution >= 4 is 19.7 Å². The number of hydrogen-bond donors (Lipinski definition) is 0. The van der Waals surface area contributed by atoms with Gasteiger partial charge >= 0.3 is 0 Å². The molecule has 0 radical (unpaired) electrons. The van der Waals surface area contributed by atoms with Crippen LogP contribution in [0, 0.1) is 0 Å². The van der Waals surface area contributed by atoms with Crippen molar-refractivity contribution in [3.8, 4) is 11.4 Å². The average Bonchev–Trinajstić information content (AvgIpc) is 3.03. The van der Waals surface area contributed by atoms with E-state index in [1.165, 1.54) is 17.5 Å². The van der Waals surface area contributed by atoms with Gasteiger partial charge in [0.25, 0.3) is 14.2 Å². The van der Waals surface area contributed by atoms with E-state index in [4.69, 9.17) is 10.7 Å². The minimum Gasteiger partial charge on any atom is -0.297 e. The van der Waals surface area contributed by atoms with Gasteiger partial charge in [-0.25, -0.2) is 8.42 Å². The van der Waals surface area contributed by atoms with Gasteiger partial charge in [-0.3, -0.25) is 4.57 Å². The van der Waals surface area contributed by atoms with Crippen molar-refractivity contribution in [3.05, 3.63) is 29.3 Å². The van der Waals surface area contributed by atoms with Crippen LogP contribution in [0.3, 0.4) is 0 Å². The van der Waals surface area contributed by atoms with Gasteiger partial charge in [0.05, 0.1) is 0 Å². The summed E-state index contributed by atoms with van der Waals surface area (Å²) in [7, 11) is 1.55. The number of aromatic nitrogens is 3. The molecule has 112 valence electrons. The maximum Gasteiger partial charge on any atom is 0.296 e. The first-order chi connectivity index (χ1) is 10.0. The summed E-state index contributed by atoms with van der Waals surface area (Å²) in [5.74, 6) is 0.561. The van der Waals surface area contributed by atoms with Crippen LogP contribution in [0.5, 0.6) is 0 Å². The van der Waals surface area contributed by atoms with Gasteiger partial charge in [0.2, 0.25) is 0 Å². The lowest BCUT2D eigenvalue weighted by molar-refractivity contribution is 0.570. The Kier molecular flexibility index (Phi) is 3.75. The first-order valence-corrected chi connectivity index (χ1v) is 9.31. The lowest BCUT2D eigenvalue weighted by atomic mass is 10.1. The fraction of sp³-hybridized carbons (Fsp3) is 0.429. The lowest BCUT2D eigenvalue weighted by Gasteiger charge is -2.08. The summed E-state index contributed by atoms with van der Waals surface area (Å²) in [5.41, 5.74) is 3.57. The van der Waals surface area contributed by atoms with Crippen LogP contribution < -0.4 is 0 Å². The van der Waals surface area contributed by atoms with Crippen molar-refractivity contribution in [1.82, 2.24) is 14.8 Å². The first kappa shape index (κ1) is 14.5. The van der Waals surface area contributed by atoms with E-state index in [2.05, 4.69) is 22.3 Å². The lowest BCUT2D eigenvalue weighted by Crippen LogP contribution is -2.07. The highest BCUT2D eigenvalue weighted by molar-refractivity contribution is 8.13. The fourth-order valence-electron chi connectivity index (χ4n) is 2.82. The predicted octanol–water partition coefficient (Wildman–Crippen LogP) is 2.77. The molecule has 0 bridgehead atoms. The molecule has 1 aromatic carbocycles. The zero-order chi connectivity index (χ0) is 15.0. The Morgan fingerprint density at radius 2 is 2.00 bits per heavy atom. The maximum absolute atomic E-state index is 11.6. The third kappa shape index (κ3) is 2.70. The van der Waals surface area contributed by atoms with Crippen molar-refractivity contribution in [2.24, 2.45) is 0 Å². The number of hydrogen-bond acceptors (Lipinski definition) is 4. The third-order valence-corrected chi connectivity index (χ3v) is 4.89. The molecular formula is C14H16ClN3O2S. The molecule has 7 heteroatoms. The summed E-state index contributed by atoms with van der Waals surface area (Å²) in [6.07, 6.45) is 4.11. The van der Waals surface area contributed by atoms with Crippen molar-refractivity contribution < 1.29 is 8.42 Å². The second-order valence-corrected chi connectivity index (χ2v) is 7.69. The molecule has 0 amide bonds. The minimum absolute atomic E-state index is 0.179. The third-order valence-electron chi connectivity index (χ3n) is 3.74. The normalized spacial score (nSPS) is 14.4. The molecule has 0 atom stereocenters. The van der Waals surface area contributed by atoms with E-state index < -0.39 is 9.05 Å². The first-order valence-electron chi connectivity index (χ1n) is 7.00. The Bertz CT molecular complexity index is 784. The Morgan fingerprint density at radius 3 is 2.71 bits per heavy atom. The number of rotatable bonds is 4. The van der Waals surface area contributed by atoms with Gasteiger partial charge in [0.1, 0.15) is 0 Å². The van der Waals surface area contributed by atoms with Gasteiger partial charge in [0, 0.05) is 22.8 Å². The molecule has 1 heterocycles. The van der Waals surface area contributed by atoms with Crippen LogP contribution in [0.15, 0.2) is 23.4 Å². The predicted molar refractivity (Wildman–Crippen MR) is 80.8 cm³/mol. The summed E-state index contributed by atoms with van der Waals surface area (Å²) < 4.78 is 24.8. The molecule has 0 fully saturated rings. The van der Waals surface area contributed by atoms with Crippen LogP contribution in [-0.4, -0.2) is 23.2 Å². The topological polar surface area (TPSA) is 64.8 Å². The minimum atomic E-state index is -3.89. The Labute approximate surface area is 128 Å². The molecule has 0 spiro atoms. The van der Waals surface area contributed by atoms with E-state index in [0.29, 0.717) is 12.4 Å². The summed E-state index contributed by atoms with van der Waals surface area (Å²) in [6, 6.07) is 6.16. The van der Waals surface area contributed by atoms with E-state index in [-0.39, 0.29) is 5.16 Å². The van der Waals surface area contributed by atoms with Crippen molar-refractivity contribution in [2.75, 3.05) is 0 Å². The SMILES string of the molecule is CCCn1c(-c2ccc3c(c2)CCC3)nnc1S(=O)(=O)Cl. The molecule has 0 unspecified atom stereocenters. The van der Waals surface area contributed by atoms with Crippen molar-refractivity contribution in [3.63, 3.8) is 0 Å². The average molecular weight is 326 g/mol. The van der Waals surface area contributed by atoms with Gasteiger partial charge in [-0.15, -0.1) is 10.2 Å². The number of aryl methyl sites for hydroxylation is 2. The van der Waals surface area contributed by atoms with Gasteiger partial charge in [0.15, 0.2) is 5.82 Å². The monoisotopic (exact) mass is 325 g/mol. The summed E-state index contributed by atoms with van der Waals surface area (Å²) in [6.45, 7) is 2.48. The maximum atomic E-state index is 11.6. The number of nitrogens with zero attached hydrogens (tertiary/aromatic N) is 3. The highest BCUT2D eigenvalue weighted by Crippen LogP contribution is 2.28. The Hall–Kier alpha value is -1.40. The zero-order valence-electron chi connectivity index (χ0n) is 11.7. The molecule has 2 aromatic rings. The Morgan fingerprint density at radius 1 is 1.24 bits per heavy atom. The van der Waals surface area contributed by atoms with Gasteiger partial charge < -0.3 is 0 Å². The Balaban J connectivity index is 2.12. The molecule has 0 N–H and O–H groups in total. The molecule has 1 aliphatic rings. The highest BCUT2D eigenvalue weighted by Gasteiger charge is 2.23. The van der Waals surface area contributed by atoms with E-state index in [9.17, 15) is 8.42 Å². The van der Waals surface area contributed by atoms with E-state index >= 15 is 0 Å². The van der Waals surface area contributed by atoms with Crippen molar-refractivity contribution in [2.45, 2.75) is 44.3 Å². The van der Waals surface area contributed by atoms with Crippen LogP contribution in [-0.2, 0) is 28.4 Å². The van der Waals surface area contributed by atoms with Crippen LogP contribution in [0.25, 0.3) is 11.4 Å². The van der Waals surface area contributed by atoms with E-state index in [0.717, 1.165) is 24.8 Å². The fourth-order valence-corrected chi connectivity index (χ4v) is 3.74. The molecule has 1 aliphatic carbocycles. The molecule has 0 saturated heterocycles. The second kappa shape index (κ2) is 5.42. The summed E-state index contributed by atoms with van der Waals surface area (Å²) in [5, 5.41) is 7.64. The molecular weight excluding hydrogens is 310 g/mol. The van der Waals surface area contributed by atoms with Crippen LogP contribution >= 0.6 is 10.7 Å². The van der Waals surface area contributed by atoms with Gasteiger partial charge in [-0.2, -0.15) is 0 Å². The highest BCUT2D eigenvalue weighted by atomic mass is 35.7. The molecule has 0 aliphatic heterocycles. The molecule has 1 aromatic heterocycles. The van der Waals surface area contributed by atoms with Gasteiger partial charge in [-0.1, -0.05) is 19.1 Å². The summed E-state index contributed by atoms with van der Waals surface area (Å²) >= 11 is 0. The van der Waals surface area contributed by atoms with Gasteiger partial charge in [-0.05, 0) is 42.9 Å². The second-order valence-electron chi connectivity index (χ2n) is 5.23. The number of fused-ring (bicyclic) bond motifs is 1. The summed E-state index contributed by atoms with van der Waals surface area (Å²) in [4.78, 5) is 0. The quantitative estimate of drug-likeness (QED) is 0.811. The van der Waals surface area contributed by atoms with E-state index in [1.54, 1.807) is 4.57 Å². The van der Waals surface area contributed by atoms with Crippen LogP contribution in [0.1, 0.15) is 30.9 Å². The van der Waals surface area contributed by atoms with E-state index in [1.807, 2.05) is 13.0 Å². The number of halogens is 1. The largest absolute Gasteiger partial charge is 0.297 e. The van der Waals surface area contributed by atoms with Crippen molar-refractivity contribution in [1.29, 1.82) is 0 Å². The molecule has 5 nitrogen and oxygen atoms in total. The molecule has 3 rings (SSSR count). The van der Waals surface area contributed by atoms with Crippen LogP contribution in [0.4, 0.5) is 0 Å². The molecule has 0 saturated carbocycles. The smallest absolute Gasteiger partial charge is 0.296 e. The molecule has 21 heavy (non-hydrogen) atoms.